The van der Waals surface area contributed by atoms with Crippen LogP contribution in [0.25, 0.3) is 0 Å². The van der Waals surface area contributed by atoms with Crippen molar-refractivity contribution in [1.82, 2.24) is 15.1 Å². The summed E-state index contributed by atoms with van der Waals surface area (Å²) >= 11 is 0. The van der Waals surface area contributed by atoms with Gasteiger partial charge in [0.15, 0.2) is 0 Å². The molecule has 3 N–H and O–H groups in total. The van der Waals surface area contributed by atoms with Crippen molar-refractivity contribution >= 4 is 17.7 Å². The van der Waals surface area contributed by atoms with Crippen LogP contribution in [0.1, 0.15) is 54.6 Å². The van der Waals surface area contributed by atoms with Crippen LogP contribution in [0.15, 0.2) is 18.2 Å². The molecule has 0 spiro atoms. The third-order valence-electron chi connectivity index (χ3n) is 6.42. The lowest BCUT2D eigenvalue weighted by Crippen LogP contribution is -2.52. The van der Waals surface area contributed by atoms with Crippen LogP contribution in [-0.4, -0.2) is 52.2 Å². The molecule has 7 nitrogen and oxygen atoms in total. The number of hydrogen-bond acceptors (Lipinski definition) is 5. The predicted molar refractivity (Wildman–Crippen MR) is 104 cm³/mol. The molecule has 3 amide bonds. The minimum atomic E-state index is -0.566. The SMILES string of the molecule is CC1(C)CC(CN)CN1Cc1ccc2c(c1)CN(C1CCC(=O)NC1=O)C2=O. The van der Waals surface area contributed by atoms with Gasteiger partial charge in [0.2, 0.25) is 11.8 Å². The second-order valence-corrected chi connectivity index (χ2v) is 8.89. The average molecular weight is 384 g/mol. The van der Waals surface area contributed by atoms with E-state index in [2.05, 4.69) is 30.1 Å². The minimum Gasteiger partial charge on any atom is -0.330 e. The van der Waals surface area contributed by atoms with Crippen LogP contribution in [0.4, 0.5) is 0 Å². The molecule has 3 aliphatic rings. The van der Waals surface area contributed by atoms with Gasteiger partial charge in [0.25, 0.3) is 5.91 Å². The van der Waals surface area contributed by atoms with Gasteiger partial charge >= 0.3 is 0 Å². The zero-order valence-corrected chi connectivity index (χ0v) is 16.5. The molecule has 0 aromatic heterocycles. The second-order valence-electron chi connectivity index (χ2n) is 8.89. The van der Waals surface area contributed by atoms with Crippen molar-refractivity contribution in [2.45, 2.75) is 57.8 Å². The highest BCUT2D eigenvalue weighted by atomic mass is 16.2. The monoisotopic (exact) mass is 384 g/mol. The van der Waals surface area contributed by atoms with E-state index in [0.29, 0.717) is 31.0 Å². The van der Waals surface area contributed by atoms with E-state index in [1.165, 1.54) is 5.56 Å². The first-order chi connectivity index (χ1) is 13.3. The van der Waals surface area contributed by atoms with Crippen molar-refractivity contribution in [3.63, 3.8) is 0 Å². The summed E-state index contributed by atoms with van der Waals surface area (Å²) in [5, 5.41) is 2.34. The van der Waals surface area contributed by atoms with E-state index in [0.717, 1.165) is 25.1 Å². The molecule has 0 radical (unpaired) electrons. The van der Waals surface area contributed by atoms with E-state index < -0.39 is 6.04 Å². The summed E-state index contributed by atoms with van der Waals surface area (Å²) in [6.45, 7) is 7.45. The van der Waals surface area contributed by atoms with Crippen molar-refractivity contribution in [3.8, 4) is 0 Å². The van der Waals surface area contributed by atoms with Gasteiger partial charge in [0, 0.05) is 37.2 Å². The summed E-state index contributed by atoms with van der Waals surface area (Å²) < 4.78 is 0. The maximum Gasteiger partial charge on any atom is 0.255 e. The van der Waals surface area contributed by atoms with Crippen molar-refractivity contribution in [1.29, 1.82) is 0 Å². The molecule has 2 unspecified atom stereocenters. The number of carbonyl (C=O) groups is 3. The summed E-state index contributed by atoms with van der Waals surface area (Å²) in [5.41, 5.74) is 8.78. The molecule has 3 aliphatic heterocycles. The molecule has 4 rings (SSSR count). The number of fused-ring (bicyclic) bond motifs is 1. The van der Waals surface area contributed by atoms with E-state index in [1.807, 2.05) is 12.1 Å². The molecular weight excluding hydrogens is 356 g/mol. The Morgan fingerprint density at radius 1 is 1.25 bits per heavy atom. The van der Waals surface area contributed by atoms with E-state index in [-0.39, 0.29) is 29.7 Å². The second kappa shape index (κ2) is 6.97. The molecule has 7 heteroatoms. The van der Waals surface area contributed by atoms with Crippen LogP contribution in [0.5, 0.6) is 0 Å². The largest absolute Gasteiger partial charge is 0.330 e. The number of benzene rings is 1. The lowest BCUT2D eigenvalue weighted by molar-refractivity contribution is -0.136. The molecule has 2 atom stereocenters. The van der Waals surface area contributed by atoms with Gasteiger partial charge in [0.1, 0.15) is 6.04 Å². The van der Waals surface area contributed by atoms with E-state index in [4.69, 9.17) is 5.73 Å². The molecule has 1 aromatic carbocycles. The van der Waals surface area contributed by atoms with Gasteiger partial charge in [-0.15, -0.1) is 0 Å². The third kappa shape index (κ3) is 3.33. The molecule has 1 aromatic rings. The number of rotatable bonds is 4. The first-order valence-corrected chi connectivity index (χ1v) is 10.00. The molecule has 2 saturated heterocycles. The molecule has 0 aliphatic carbocycles. The fourth-order valence-electron chi connectivity index (χ4n) is 4.84. The Balaban J connectivity index is 1.50. The van der Waals surface area contributed by atoms with Gasteiger partial charge in [-0.3, -0.25) is 24.6 Å². The van der Waals surface area contributed by atoms with Crippen LogP contribution >= 0.6 is 0 Å². The fourth-order valence-corrected chi connectivity index (χ4v) is 4.84. The quantitative estimate of drug-likeness (QED) is 0.756. The van der Waals surface area contributed by atoms with Gasteiger partial charge in [-0.1, -0.05) is 12.1 Å². The van der Waals surface area contributed by atoms with E-state index in [1.54, 1.807) is 4.90 Å². The van der Waals surface area contributed by atoms with E-state index in [9.17, 15) is 14.4 Å². The summed E-state index contributed by atoms with van der Waals surface area (Å²) in [4.78, 5) is 40.4. The van der Waals surface area contributed by atoms with Crippen molar-refractivity contribution in [2.24, 2.45) is 11.7 Å². The maximum atomic E-state index is 12.8. The zero-order chi connectivity index (χ0) is 20.1. The summed E-state index contributed by atoms with van der Waals surface area (Å²) in [6.07, 6.45) is 1.75. The highest BCUT2D eigenvalue weighted by Gasteiger charge is 2.40. The molecule has 2 fully saturated rings. The molecule has 150 valence electrons. The zero-order valence-electron chi connectivity index (χ0n) is 16.5. The highest BCUT2D eigenvalue weighted by molar-refractivity contribution is 6.05. The van der Waals surface area contributed by atoms with Crippen LogP contribution < -0.4 is 11.1 Å². The minimum absolute atomic E-state index is 0.109. The Morgan fingerprint density at radius 3 is 2.71 bits per heavy atom. The average Bonchev–Trinajstić information content (AvgIpc) is 3.11. The number of nitrogens with one attached hydrogen (secondary N) is 1. The number of nitrogens with two attached hydrogens (primary N) is 1. The topological polar surface area (TPSA) is 95.7 Å². The first kappa shape index (κ1) is 19.1. The normalized spacial score (nSPS) is 27.2. The molecule has 0 saturated carbocycles. The predicted octanol–water partition coefficient (Wildman–Crippen LogP) is 1.01. The number of hydrogen-bond donors (Lipinski definition) is 2. The lowest BCUT2D eigenvalue weighted by atomic mass is 9.96. The van der Waals surface area contributed by atoms with E-state index >= 15 is 0 Å². The maximum absolute atomic E-state index is 12.8. The van der Waals surface area contributed by atoms with Gasteiger partial charge < -0.3 is 10.6 Å². The Morgan fingerprint density at radius 2 is 2.04 bits per heavy atom. The summed E-state index contributed by atoms with van der Waals surface area (Å²) in [7, 11) is 0. The first-order valence-electron chi connectivity index (χ1n) is 10.00. The number of piperidine rings is 1. The van der Waals surface area contributed by atoms with Crippen LogP contribution in [0.3, 0.4) is 0 Å². The fraction of sp³-hybridized carbons (Fsp3) is 0.571. The van der Waals surface area contributed by atoms with Crippen LogP contribution in [-0.2, 0) is 22.7 Å². The third-order valence-corrected chi connectivity index (χ3v) is 6.42. The summed E-state index contributed by atoms with van der Waals surface area (Å²) in [5.74, 6) is -0.240. The van der Waals surface area contributed by atoms with Crippen molar-refractivity contribution in [3.05, 3.63) is 34.9 Å². The lowest BCUT2D eigenvalue weighted by Gasteiger charge is -2.31. The Hall–Kier alpha value is -2.25. The van der Waals surface area contributed by atoms with Crippen LogP contribution in [0.2, 0.25) is 0 Å². The molecular formula is C21H28N4O3. The number of nitrogens with zero attached hydrogens (tertiary/aromatic N) is 2. The number of amides is 3. The molecule has 28 heavy (non-hydrogen) atoms. The van der Waals surface area contributed by atoms with Crippen molar-refractivity contribution < 1.29 is 14.4 Å². The van der Waals surface area contributed by atoms with Gasteiger partial charge in [-0.2, -0.15) is 0 Å². The van der Waals surface area contributed by atoms with Crippen molar-refractivity contribution in [2.75, 3.05) is 13.1 Å². The molecule has 0 bridgehead atoms. The highest BCUT2D eigenvalue weighted by Crippen LogP contribution is 2.34. The molecule has 3 heterocycles. The number of likely N-dealkylation sites (tertiary alicyclic amines) is 1. The van der Waals surface area contributed by atoms with Gasteiger partial charge in [-0.05, 0) is 56.3 Å². The number of imide groups is 1. The standard InChI is InChI=1S/C21H28N4O3/c1-21(2)8-14(9-22)11-24(21)10-13-3-4-16-15(7-13)12-25(20(16)28)17-5-6-18(26)23-19(17)27/h3-4,7,14,17H,5-6,8-12,22H2,1-2H3,(H,23,26,27). The Bertz CT molecular complexity index is 835. The Kier molecular flexibility index (Phi) is 4.75. The van der Waals surface area contributed by atoms with Gasteiger partial charge in [-0.25, -0.2) is 0 Å². The Labute approximate surface area is 165 Å². The summed E-state index contributed by atoms with van der Waals surface area (Å²) in [6, 6.07) is 5.41. The number of carbonyl (C=O) groups excluding carboxylic acids is 3. The smallest absolute Gasteiger partial charge is 0.255 e. The van der Waals surface area contributed by atoms with Gasteiger partial charge in [0.05, 0.1) is 0 Å². The van der Waals surface area contributed by atoms with Crippen LogP contribution in [0, 0.1) is 5.92 Å².